The molecule has 0 fully saturated rings. The summed E-state index contributed by atoms with van der Waals surface area (Å²) in [6.45, 7) is 3.80. The lowest BCUT2D eigenvalue weighted by Gasteiger charge is -2.28. The number of carbonyl (C=O) groups excluding carboxylic acids is 8. The Labute approximate surface area is 516 Å². The molecule has 19 N–H and O–H groups in total. The number of hydrogen-bond donors (Lipinski definition) is 14. The Bertz CT molecular complexity index is 3520. The molecular weight excluding hydrogens is 1130 g/mol. The van der Waals surface area contributed by atoms with E-state index >= 15 is 9.59 Å². The van der Waals surface area contributed by atoms with Crippen LogP contribution >= 0.6 is 0 Å². The lowest BCUT2D eigenvalue weighted by Crippen LogP contribution is -2.61. The van der Waals surface area contributed by atoms with Crippen molar-refractivity contribution in [1.82, 2.24) is 52.2 Å². The predicted molar refractivity (Wildman–Crippen MR) is 341 cm³/mol. The zero-order chi connectivity index (χ0) is 63.8. The van der Waals surface area contributed by atoms with Crippen molar-refractivity contribution in [3.8, 4) is 0 Å². The number of imidazole rings is 1. The Hall–Kier alpha value is -9.94. The number of carbonyl (C=O) groups is 8. The van der Waals surface area contributed by atoms with Gasteiger partial charge in [0.15, 0.2) is 5.96 Å². The number of amides is 8. The number of nitrogens with two attached hydrogens (primary N) is 5. The quantitative estimate of drug-likeness (QED) is 0.0155. The fraction of sp³-hybridized carbons (Fsp3) is 0.354. The molecule has 0 aliphatic carbocycles. The third-order valence-electron chi connectivity index (χ3n) is 15.2. The summed E-state index contributed by atoms with van der Waals surface area (Å²) >= 11 is 0. The topological polar surface area (TPSA) is 408 Å². The number of fused-ring (bicyclic) bond motifs is 2. The Morgan fingerprint density at radius 3 is 1.55 bits per heavy atom. The third-order valence-corrected chi connectivity index (χ3v) is 15.2. The van der Waals surface area contributed by atoms with Crippen molar-refractivity contribution < 1.29 is 38.4 Å². The van der Waals surface area contributed by atoms with Gasteiger partial charge in [0, 0.05) is 67.6 Å². The lowest BCUT2D eigenvalue weighted by atomic mass is 9.99. The Morgan fingerprint density at radius 2 is 1.00 bits per heavy atom. The van der Waals surface area contributed by atoms with Crippen LogP contribution in [0, 0.1) is 5.92 Å². The number of para-hydroxylation sites is 1. The highest BCUT2D eigenvalue weighted by molar-refractivity contribution is 5.98. The van der Waals surface area contributed by atoms with E-state index in [4.69, 9.17) is 28.7 Å². The van der Waals surface area contributed by atoms with E-state index in [1.807, 2.05) is 66.7 Å². The van der Waals surface area contributed by atoms with Gasteiger partial charge in [-0.25, -0.2) is 4.98 Å². The van der Waals surface area contributed by atoms with Crippen LogP contribution in [-0.2, 0) is 70.5 Å². The zero-order valence-corrected chi connectivity index (χ0v) is 50.1. The summed E-state index contributed by atoms with van der Waals surface area (Å²) in [4.78, 5) is 129. The number of hydrogen-bond acceptors (Lipinski definition) is 12. The number of H-pyrrole nitrogens is 2. The first-order valence-electron chi connectivity index (χ1n) is 29.9. The number of nitrogens with one attached hydrogen (secondary N) is 9. The molecule has 8 amide bonds. The van der Waals surface area contributed by atoms with Crippen molar-refractivity contribution in [3.63, 3.8) is 0 Å². The van der Waals surface area contributed by atoms with Crippen LogP contribution in [0.15, 0.2) is 151 Å². The molecule has 2 aromatic heterocycles. The average molecular weight is 1220 g/mol. The summed E-state index contributed by atoms with van der Waals surface area (Å²) in [5.74, 6) is -6.44. The maximum absolute atomic E-state index is 15.3. The summed E-state index contributed by atoms with van der Waals surface area (Å²) in [7, 11) is 0. The van der Waals surface area contributed by atoms with Gasteiger partial charge >= 0.3 is 0 Å². The van der Waals surface area contributed by atoms with Crippen LogP contribution in [0.3, 0.4) is 0 Å². The molecule has 8 atom stereocenters. The van der Waals surface area contributed by atoms with Crippen LogP contribution in [0.4, 0.5) is 0 Å². The minimum Gasteiger partial charge on any atom is -0.370 e. The molecule has 0 radical (unpaired) electrons. The van der Waals surface area contributed by atoms with Crippen molar-refractivity contribution in [2.75, 3.05) is 13.1 Å². The fourth-order valence-electron chi connectivity index (χ4n) is 10.4. The summed E-state index contributed by atoms with van der Waals surface area (Å²) < 4.78 is 0. The first-order valence-corrected chi connectivity index (χ1v) is 29.9. The van der Waals surface area contributed by atoms with Crippen molar-refractivity contribution in [1.29, 1.82) is 0 Å². The molecule has 0 aliphatic rings. The van der Waals surface area contributed by atoms with E-state index < -0.39 is 95.6 Å². The van der Waals surface area contributed by atoms with Gasteiger partial charge < -0.3 is 75.9 Å². The van der Waals surface area contributed by atoms with Gasteiger partial charge in [0.25, 0.3) is 0 Å². The Morgan fingerprint density at radius 1 is 0.506 bits per heavy atom. The molecule has 24 heteroatoms. The van der Waals surface area contributed by atoms with E-state index in [2.05, 4.69) is 57.2 Å². The van der Waals surface area contributed by atoms with Crippen molar-refractivity contribution in [3.05, 3.63) is 174 Å². The number of primary amides is 1. The summed E-state index contributed by atoms with van der Waals surface area (Å²) in [5, 5.41) is 22.4. The molecule has 24 nitrogen and oxygen atoms in total. The number of benzene rings is 5. The highest BCUT2D eigenvalue weighted by Gasteiger charge is 2.36. The van der Waals surface area contributed by atoms with Crippen LogP contribution < -0.4 is 65.9 Å². The maximum Gasteiger partial charge on any atom is 0.243 e. The Kier molecular flexibility index (Phi) is 24.9. The second-order valence-corrected chi connectivity index (χ2v) is 22.4. The van der Waals surface area contributed by atoms with Crippen LogP contribution in [0.5, 0.6) is 0 Å². The molecule has 7 rings (SSSR count). The van der Waals surface area contributed by atoms with E-state index in [-0.39, 0.29) is 76.3 Å². The monoisotopic (exact) mass is 1210 g/mol. The maximum atomic E-state index is 15.3. The molecule has 0 spiro atoms. The van der Waals surface area contributed by atoms with Gasteiger partial charge in [0.2, 0.25) is 47.3 Å². The molecule has 7 aromatic rings. The molecule has 0 aliphatic heterocycles. The SMILES string of the molecule is CC(C)[C@H](NC(=O)[C@H](Cc1ccccc1)NC(=O)[C@H](CCCCN)NC(=O)[C@H](Cc1ccccc1)NC(=O)[C@H](Cc1c[nH]c2ccccc12)NC(=O)[C@H](CCCN=C(N)N)NC(=O)[C@H](Cc1ccc2ccccc2c1)NC(=O)[C@@H](N)Cc1cnc[nH]1)C(N)=O. The minimum atomic E-state index is -1.42. The van der Waals surface area contributed by atoms with Crippen LogP contribution in [0.1, 0.15) is 73.9 Å². The number of rotatable bonds is 34. The van der Waals surface area contributed by atoms with Gasteiger partial charge in [0.1, 0.15) is 42.3 Å². The molecule has 0 saturated heterocycles. The first-order chi connectivity index (χ1) is 42.8. The van der Waals surface area contributed by atoms with Crippen LogP contribution in [-0.4, -0.2) is 130 Å². The van der Waals surface area contributed by atoms with Crippen molar-refractivity contribution >= 4 is 74.9 Å². The fourth-order valence-corrected chi connectivity index (χ4v) is 10.4. The van der Waals surface area contributed by atoms with E-state index in [9.17, 15) is 28.8 Å². The second-order valence-electron chi connectivity index (χ2n) is 22.4. The first kappa shape index (κ1) is 66.6. The van der Waals surface area contributed by atoms with Gasteiger partial charge in [0.05, 0.1) is 12.4 Å². The molecule has 89 heavy (non-hydrogen) atoms. The largest absolute Gasteiger partial charge is 0.370 e. The smallest absolute Gasteiger partial charge is 0.243 e. The van der Waals surface area contributed by atoms with Gasteiger partial charge in [-0.15, -0.1) is 0 Å². The standard InChI is InChI=1S/C65H82N16O8/c1-39(2)56(57(68)82)81-64(89)53(32-41-18-7-4-8-19-41)78-59(84)50(24-13-14-28-66)75-61(86)52(31-40-16-5-3-6-17-40)79-63(88)55(34-45-36-73-49-23-12-11-22-47(45)49)80-60(85)51(25-15-29-72-65(69)70)76-62(87)54(77-58(83)48(67)35-46-37-71-38-74-46)33-42-26-27-43-20-9-10-21-44(43)30-42/h3-12,16-23,26-27,30,36-39,48,50-56,73H,13-15,24-25,28-29,31-35,66-67H2,1-2H3,(H2,68,82)(H,71,74)(H,75,86)(H,76,87)(H,77,83)(H,78,84)(H,79,88)(H,80,85)(H,81,89)(H4,69,70,72)/t48-,50-,51-,52-,53-,54-,55-,56-/m0/s1. The minimum absolute atomic E-state index is 0.00714. The molecule has 0 bridgehead atoms. The van der Waals surface area contributed by atoms with Gasteiger partial charge in [-0.2, -0.15) is 0 Å². The van der Waals surface area contributed by atoms with Crippen molar-refractivity contribution in [2.24, 2.45) is 39.6 Å². The normalized spacial score (nSPS) is 13.9. The number of aromatic amines is 2. The number of aliphatic imine (C=N–C) groups is 1. The highest BCUT2D eigenvalue weighted by Crippen LogP contribution is 2.21. The molecule has 0 saturated carbocycles. The molecule has 5 aromatic carbocycles. The lowest BCUT2D eigenvalue weighted by molar-refractivity contribution is -0.135. The molecule has 470 valence electrons. The summed E-state index contributed by atoms with van der Waals surface area (Å²) in [6.07, 6.45) is 5.69. The van der Waals surface area contributed by atoms with Crippen LogP contribution in [0.25, 0.3) is 21.7 Å². The molecule has 2 heterocycles. The number of nitrogens with zero attached hydrogens (tertiary/aromatic N) is 2. The van der Waals surface area contributed by atoms with E-state index in [1.54, 1.807) is 80.7 Å². The van der Waals surface area contributed by atoms with E-state index in [0.29, 0.717) is 40.8 Å². The average Bonchev–Trinajstić information content (AvgIpc) is 2.30. The number of aromatic nitrogens is 3. The number of guanidine groups is 1. The van der Waals surface area contributed by atoms with E-state index in [1.165, 1.54) is 12.5 Å². The van der Waals surface area contributed by atoms with Gasteiger partial charge in [-0.3, -0.25) is 43.3 Å². The van der Waals surface area contributed by atoms with Gasteiger partial charge in [-0.05, 0) is 83.7 Å². The van der Waals surface area contributed by atoms with E-state index in [0.717, 1.165) is 21.7 Å². The molecular formula is C65H82N16O8. The second kappa shape index (κ2) is 33.3. The zero-order valence-electron chi connectivity index (χ0n) is 50.1. The van der Waals surface area contributed by atoms with Crippen LogP contribution in [0.2, 0.25) is 0 Å². The summed E-state index contributed by atoms with van der Waals surface area (Å²) in [5.41, 5.74) is 33.3. The third kappa shape index (κ3) is 20.3. The number of unbranched alkanes of at least 4 members (excludes halogenated alkanes) is 1. The Balaban J connectivity index is 1.19. The van der Waals surface area contributed by atoms with Gasteiger partial charge in [-0.1, -0.05) is 135 Å². The summed E-state index contributed by atoms with van der Waals surface area (Å²) in [6, 6.07) is 28.4. The molecule has 0 unspecified atom stereocenters. The highest BCUT2D eigenvalue weighted by atomic mass is 16.2. The van der Waals surface area contributed by atoms with Crippen molar-refractivity contribution in [2.45, 2.75) is 126 Å². The predicted octanol–water partition coefficient (Wildman–Crippen LogP) is 1.60.